The molecule has 0 saturated heterocycles. The minimum Gasteiger partial charge on any atom is -0.374 e. The minimum atomic E-state index is -0.727. The molecule has 1 heterocycles. The largest absolute Gasteiger partial charge is 0.374 e. The molecule has 0 aliphatic carbocycles. The Morgan fingerprint density at radius 3 is 2.67 bits per heavy atom. The molecule has 1 unspecified atom stereocenters. The van der Waals surface area contributed by atoms with Crippen LogP contribution in [0.15, 0.2) is 23.8 Å². The molecule has 0 amide bonds. The molecule has 3 heteroatoms. The van der Waals surface area contributed by atoms with Gasteiger partial charge >= 0.3 is 0 Å². The van der Waals surface area contributed by atoms with E-state index >= 15 is 0 Å². The summed E-state index contributed by atoms with van der Waals surface area (Å²) in [5.41, 5.74) is 1.97. The van der Waals surface area contributed by atoms with Crippen molar-refractivity contribution in [3.8, 4) is 0 Å². The van der Waals surface area contributed by atoms with Gasteiger partial charge in [-0.25, -0.2) is 8.78 Å². The highest BCUT2D eigenvalue weighted by molar-refractivity contribution is 5.26. The van der Waals surface area contributed by atoms with Crippen LogP contribution in [0.1, 0.15) is 30.9 Å². The van der Waals surface area contributed by atoms with Crippen molar-refractivity contribution in [2.45, 2.75) is 39.2 Å². The van der Waals surface area contributed by atoms with E-state index < -0.39 is 11.6 Å². The van der Waals surface area contributed by atoms with Crippen LogP contribution in [0.25, 0.3) is 0 Å². The molecule has 1 atom stereocenters. The predicted molar refractivity (Wildman–Crippen MR) is 67.5 cm³/mol. The lowest BCUT2D eigenvalue weighted by Crippen LogP contribution is -2.15. The number of hydrogen-bond donors (Lipinski definition) is 0. The second kappa shape index (κ2) is 5.61. The van der Waals surface area contributed by atoms with Gasteiger partial charge in [0.2, 0.25) is 0 Å². The average molecular weight is 252 g/mol. The first-order valence-corrected chi connectivity index (χ1v) is 6.31. The maximum atomic E-state index is 13.7. The van der Waals surface area contributed by atoms with E-state index in [0.29, 0.717) is 24.2 Å². The first-order chi connectivity index (χ1) is 8.58. The molecule has 18 heavy (non-hydrogen) atoms. The van der Waals surface area contributed by atoms with E-state index in [1.165, 1.54) is 5.57 Å². The zero-order valence-corrected chi connectivity index (χ0v) is 10.8. The SMILES string of the molecule is Cc1ccc(CCC2=CCC(C)OC2)c(F)c1F. The fraction of sp³-hybridized carbons (Fsp3) is 0.467. The van der Waals surface area contributed by atoms with Crippen molar-refractivity contribution in [3.63, 3.8) is 0 Å². The summed E-state index contributed by atoms with van der Waals surface area (Å²) in [6.45, 7) is 4.21. The van der Waals surface area contributed by atoms with E-state index in [2.05, 4.69) is 6.08 Å². The molecular formula is C15H18F2O. The number of hydrogen-bond acceptors (Lipinski definition) is 1. The fourth-order valence-electron chi connectivity index (χ4n) is 2.06. The van der Waals surface area contributed by atoms with Crippen molar-refractivity contribution >= 4 is 0 Å². The van der Waals surface area contributed by atoms with E-state index in [1.807, 2.05) is 6.92 Å². The number of rotatable bonds is 3. The number of aryl methyl sites for hydroxylation is 2. The van der Waals surface area contributed by atoms with Crippen molar-refractivity contribution < 1.29 is 13.5 Å². The van der Waals surface area contributed by atoms with Crippen molar-refractivity contribution in [3.05, 3.63) is 46.5 Å². The van der Waals surface area contributed by atoms with Crippen LogP contribution in [-0.4, -0.2) is 12.7 Å². The summed E-state index contributed by atoms with van der Waals surface area (Å²) in [6, 6.07) is 3.29. The summed E-state index contributed by atoms with van der Waals surface area (Å²) in [5, 5.41) is 0. The molecule has 1 aromatic carbocycles. The zero-order valence-electron chi connectivity index (χ0n) is 10.8. The minimum absolute atomic E-state index is 0.266. The Balaban J connectivity index is 2.01. The van der Waals surface area contributed by atoms with Crippen molar-refractivity contribution in [2.24, 2.45) is 0 Å². The predicted octanol–water partition coefficient (Wildman–Crippen LogP) is 3.94. The Morgan fingerprint density at radius 1 is 1.22 bits per heavy atom. The fourth-order valence-corrected chi connectivity index (χ4v) is 2.06. The van der Waals surface area contributed by atoms with Gasteiger partial charge in [0.05, 0.1) is 12.7 Å². The van der Waals surface area contributed by atoms with Gasteiger partial charge in [-0.3, -0.25) is 0 Å². The van der Waals surface area contributed by atoms with Crippen molar-refractivity contribution in [1.82, 2.24) is 0 Å². The third kappa shape index (κ3) is 2.96. The van der Waals surface area contributed by atoms with Gasteiger partial charge in [-0.2, -0.15) is 0 Å². The lowest BCUT2D eigenvalue weighted by molar-refractivity contribution is 0.0740. The molecule has 1 aliphatic rings. The third-order valence-corrected chi connectivity index (χ3v) is 3.36. The molecule has 1 aliphatic heterocycles. The second-order valence-corrected chi connectivity index (χ2v) is 4.89. The van der Waals surface area contributed by atoms with E-state index in [0.717, 1.165) is 12.8 Å². The molecule has 0 saturated carbocycles. The molecule has 1 aromatic rings. The Morgan fingerprint density at radius 2 is 2.00 bits per heavy atom. The van der Waals surface area contributed by atoms with Gasteiger partial charge in [0.25, 0.3) is 0 Å². The van der Waals surface area contributed by atoms with Gasteiger partial charge in [-0.1, -0.05) is 18.2 Å². The summed E-state index contributed by atoms with van der Waals surface area (Å²) in [7, 11) is 0. The van der Waals surface area contributed by atoms with Gasteiger partial charge in [0.1, 0.15) is 0 Å². The molecule has 0 radical (unpaired) electrons. The van der Waals surface area contributed by atoms with Crippen LogP contribution in [0.5, 0.6) is 0 Å². The molecule has 98 valence electrons. The van der Waals surface area contributed by atoms with Gasteiger partial charge < -0.3 is 4.74 Å². The van der Waals surface area contributed by atoms with Crippen LogP contribution in [0, 0.1) is 18.6 Å². The van der Waals surface area contributed by atoms with E-state index in [4.69, 9.17) is 4.74 Å². The van der Waals surface area contributed by atoms with E-state index in [9.17, 15) is 8.78 Å². The van der Waals surface area contributed by atoms with Crippen LogP contribution in [0.4, 0.5) is 8.78 Å². The molecular weight excluding hydrogens is 234 g/mol. The molecule has 0 bridgehead atoms. The Kier molecular flexibility index (Phi) is 4.12. The maximum absolute atomic E-state index is 13.7. The highest BCUT2D eigenvalue weighted by Crippen LogP contribution is 2.21. The van der Waals surface area contributed by atoms with Crippen LogP contribution in [0.3, 0.4) is 0 Å². The standard InChI is InChI=1S/C15H18F2O/c1-10-3-7-13(15(17)14(10)16)8-6-12-5-4-11(2)18-9-12/h3,5,7,11H,4,6,8-9H2,1-2H3. The highest BCUT2D eigenvalue weighted by Gasteiger charge is 2.13. The lowest BCUT2D eigenvalue weighted by atomic mass is 10.0. The highest BCUT2D eigenvalue weighted by atomic mass is 19.2. The summed E-state index contributed by atoms with van der Waals surface area (Å²) in [4.78, 5) is 0. The number of halogens is 2. The monoisotopic (exact) mass is 252 g/mol. The van der Waals surface area contributed by atoms with Gasteiger partial charge in [-0.15, -0.1) is 0 Å². The molecule has 0 spiro atoms. The van der Waals surface area contributed by atoms with Gasteiger partial charge in [0.15, 0.2) is 11.6 Å². The van der Waals surface area contributed by atoms with E-state index in [1.54, 1.807) is 19.1 Å². The van der Waals surface area contributed by atoms with Crippen LogP contribution < -0.4 is 0 Å². The first-order valence-electron chi connectivity index (χ1n) is 6.31. The van der Waals surface area contributed by atoms with E-state index in [-0.39, 0.29) is 6.10 Å². The Hall–Kier alpha value is -1.22. The quantitative estimate of drug-likeness (QED) is 0.740. The Bertz CT molecular complexity index is 466. The molecule has 0 N–H and O–H groups in total. The molecule has 2 rings (SSSR count). The van der Waals surface area contributed by atoms with Crippen LogP contribution >= 0.6 is 0 Å². The summed E-state index contributed by atoms with van der Waals surface area (Å²) in [6.07, 6.45) is 4.57. The Labute approximate surface area is 106 Å². The molecule has 0 fully saturated rings. The normalized spacial score (nSPS) is 19.8. The van der Waals surface area contributed by atoms with Gasteiger partial charge in [0, 0.05) is 0 Å². The lowest BCUT2D eigenvalue weighted by Gasteiger charge is -2.19. The third-order valence-electron chi connectivity index (χ3n) is 3.36. The molecule has 1 nitrogen and oxygen atoms in total. The number of benzene rings is 1. The first kappa shape index (κ1) is 13.2. The van der Waals surface area contributed by atoms with Crippen molar-refractivity contribution in [2.75, 3.05) is 6.61 Å². The van der Waals surface area contributed by atoms with Crippen LogP contribution in [-0.2, 0) is 11.2 Å². The molecule has 0 aromatic heterocycles. The number of ether oxygens (including phenoxy) is 1. The summed E-state index contributed by atoms with van der Waals surface area (Å²) < 4.78 is 32.6. The van der Waals surface area contributed by atoms with Crippen LogP contribution in [0.2, 0.25) is 0 Å². The van der Waals surface area contributed by atoms with Crippen molar-refractivity contribution in [1.29, 1.82) is 0 Å². The topological polar surface area (TPSA) is 9.23 Å². The maximum Gasteiger partial charge on any atom is 0.162 e. The summed E-state index contributed by atoms with van der Waals surface area (Å²) in [5.74, 6) is -1.43. The van der Waals surface area contributed by atoms with Gasteiger partial charge in [-0.05, 0) is 49.8 Å². The second-order valence-electron chi connectivity index (χ2n) is 4.89. The smallest absolute Gasteiger partial charge is 0.162 e. The zero-order chi connectivity index (χ0) is 13.1. The average Bonchev–Trinajstić information content (AvgIpc) is 2.37. The summed E-state index contributed by atoms with van der Waals surface area (Å²) >= 11 is 0.